The Balaban J connectivity index is 1.62. The Morgan fingerprint density at radius 1 is 1.29 bits per heavy atom. The number of halogens is 1. The minimum atomic E-state index is -0.373. The summed E-state index contributed by atoms with van der Waals surface area (Å²) in [7, 11) is 1.65. The van der Waals surface area contributed by atoms with Crippen LogP contribution in [0.5, 0.6) is 11.5 Å². The maximum atomic E-state index is 12.8. The monoisotopic (exact) mass is 330 g/mol. The number of anilines is 2. The van der Waals surface area contributed by atoms with Crippen LogP contribution in [0.3, 0.4) is 0 Å². The van der Waals surface area contributed by atoms with Crippen molar-refractivity contribution in [3.63, 3.8) is 0 Å². The zero-order valence-electron chi connectivity index (χ0n) is 12.9. The van der Waals surface area contributed by atoms with Crippen LogP contribution in [0.25, 0.3) is 0 Å². The second-order valence-electron chi connectivity index (χ2n) is 5.21. The van der Waals surface area contributed by atoms with Gasteiger partial charge in [0.05, 0.1) is 5.69 Å². The van der Waals surface area contributed by atoms with Crippen LogP contribution in [0, 0.1) is 5.82 Å². The fourth-order valence-corrected chi connectivity index (χ4v) is 2.23. The van der Waals surface area contributed by atoms with Crippen LogP contribution in [0.2, 0.25) is 0 Å². The molecule has 1 aliphatic heterocycles. The Labute approximate surface area is 137 Å². The SMILES string of the molecule is CN1C(=O)COc2ccc(NC(=O)COc3ccc(F)cc3)cc21. The lowest BCUT2D eigenvalue weighted by atomic mass is 10.2. The number of carbonyl (C=O) groups is 2. The molecular weight excluding hydrogens is 315 g/mol. The molecule has 1 N–H and O–H groups in total. The van der Waals surface area contributed by atoms with Crippen molar-refractivity contribution in [2.24, 2.45) is 0 Å². The molecule has 2 aromatic carbocycles. The van der Waals surface area contributed by atoms with Crippen molar-refractivity contribution in [3.05, 3.63) is 48.3 Å². The molecule has 6 nitrogen and oxygen atoms in total. The molecule has 124 valence electrons. The Morgan fingerprint density at radius 3 is 2.79 bits per heavy atom. The number of benzene rings is 2. The third kappa shape index (κ3) is 3.45. The molecule has 0 saturated heterocycles. The van der Waals surface area contributed by atoms with E-state index in [1.54, 1.807) is 25.2 Å². The highest BCUT2D eigenvalue weighted by molar-refractivity contribution is 5.99. The number of ether oxygens (including phenoxy) is 2. The standard InChI is InChI=1S/C17H15FN2O4/c1-20-14-8-12(4-7-15(14)24-10-17(20)22)19-16(21)9-23-13-5-2-11(18)3-6-13/h2-8H,9-10H2,1H3,(H,19,21). The quantitative estimate of drug-likeness (QED) is 0.933. The molecular formula is C17H15FN2O4. The predicted molar refractivity (Wildman–Crippen MR) is 85.9 cm³/mol. The first-order chi connectivity index (χ1) is 11.5. The van der Waals surface area contributed by atoms with E-state index in [-0.39, 0.29) is 30.8 Å². The van der Waals surface area contributed by atoms with E-state index in [9.17, 15) is 14.0 Å². The fourth-order valence-electron chi connectivity index (χ4n) is 2.23. The minimum Gasteiger partial charge on any atom is -0.484 e. The van der Waals surface area contributed by atoms with Crippen LogP contribution < -0.4 is 19.7 Å². The largest absolute Gasteiger partial charge is 0.484 e. The van der Waals surface area contributed by atoms with Crippen LogP contribution in [-0.2, 0) is 9.59 Å². The van der Waals surface area contributed by atoms with E-state index in [4.69, 9.17) is 9.47 Å². The number of likely N-dealkylation sites (N-methyl/N-ethyl adjacent to an activating group) is 1. The Hall–Kier alpha value is -3.09. The fraction of sp³-hybridized carbons (Fsp3) is 0.176. The Kier molecular flexibility index (Phi) is 4.33. The predicted octanol–water partition coefficient (Wildman–Crippen LogP) is 2.20. The summed E-state index contributed by atoms with van der Waals surface area (Å²) in [6, 6.07) is 10.4. The number of rotatable bonds is 4. The van der Waals surface area contributed by atoms with Crippen molar-refractivity contribution in [2.45, 2.75) is 0 Å². The highest BCUT2D eigenvalue weighted by atomic mass is 19.1. The second-order valence-corrected chi connectivity index (χ2v) is 5.21. The molecule has 0 atom stereocenters. The number of nitrogens with zero attached hydrogens (tertiary/aromatic N) is 1. The average Bonchev–Trinajstić information content (AvgIpc) is 2.58. The molecule has 0 bridgehead atoms. The number of carbonyl (C=O) groups excluding carboxylic acids is 2. The Bertz CT molecular complexity index is 777. The topological polar surface area (TPSA) is 67.9 Å². The van der Waals surface area contributed by atoms with Gasteiger partial charge in [-0.25, -0.2) is 4.39 Å². The van der Waals surface area contributed by atoms with Gasteiger partial charge in [-0.15, -0.1) is 0 Å². The molecule has 2 aromatic rings. The number of hydrogen-bond acceptors (Lipinski definition) is 4. The van der Waals surface area contributed by atoms with Gasteiger partial charge < -0.3 is 19.7 Å². The van der Waals surface area contributed by atoms with Crippen LogP contribution in [0.4, 0.5) is 15.8 Å². The lowest BCUT2D eigenvalue weighted by molar-refractivity contribution is -0.121. The van der Waals surface area contributed by atoms with Crippen molar-refractivity contribution in [3.8, 4) is 11.5 Å². The lowest BCUT2D eigenvalue weighted by Gasteiger charge is -2.26. The smallest absolute Gasteiger partial charge is 0.264 e. The van der Waals surface area contributed by atoms with E-state index < -0.39 is 0 Å². The minimum absolute atomic E-state index is 0.000710. The zero-order chi connectivity index (χ0) is 17.1. The van der Waals surface area contributed by atoms with E-state index in [1.165, 1.54) is 29.2 Å². The van der Waals surface area contributed by atoms with Gasteiger partial charge in [0.2, 0.25) is 0 Å². The van der Waals surface area contributed by atoms with E-state index in [1.807, 2.05) is 0 Å². The average molecular weight is 330 g/mol. The molecule has 1 heterocycles. The number of fused-ring (bicyclic) bond motifs is 1. The van der Waals surface area contributed by atoms with Gasteiger partial charge in [-0.3, -0.25) is 9.59 Å². The highest BCUT2D eigenvalue weighted by Crippen LogP contribution is 2.33. The van der Waals surface area contributed by atoms with E-state index in [0.29, 0.717) is 22.9 Å². The molecule has 3 rings (SSSR count). The zero-order valence-corrected chi connectivity index (χ0v) is 12.9. The number of nitrogens with one attached hydrogen (secondary N) is 1. The van der Waals surface area contributed by atoms with Gasteiger partial charge in [-0.1, -0.05) is 0 Å². The molecule has 0 aliphatic carbocycles. The molecule has 0 fully saturated rings. The molecule has 1 aliphatic rings. The van der Waals surface area contributed by atoms with Crippen molar-refractivity contribution in [2.75, 3.05) is 30.5 Å². The summed E-state index contributed by atoms with van der Waals surface area (Å²) in [5, 5.41) is 2.68. The van der Waals surface area contributed by atoms with Gasteiger partial charge in [-0.05, 0) is 42.5 Å². The normalized spacial score (nSPS) is 13.1. The number of hydrogen-bond donors (Lipinski definition) is 1. The first kappa shape index (κ1) is 15.8. The van der Waals surface area contributed by atoms with Crippen LogP contribution in [-0.4, -0.2) is 32.1 Å². The van der Waals surface area contributed by atoms with E-state index in [2.05, 4.69) is 5.32 Å². The molecule has 7 heteroatoms. The van der Waals surface area contributed by atoms with Crippen LogP contribution >= 0.6 is 0 Å². The Morgan fingerprint density at radius 2 is 2.04 bits per heavy atom. The van der Waals surface area contributed by atoms with Gasteiger partial charge >= 0.3 is 0 Å². The lowest BCUT2D eigenvalue weighted by Crippen LogP contribution is -2.35. The van der Waals surface area contributed by atoms with Gasteiger partial charge in [-0.2, -0.15) is 0 Å². The summed E-state index contributed by atoms with van der Waals surface area (Å²) in [4.78, 5) is 25.1. The van der Waals surface area contributed by atoms with Crippen LogP contribution in [0.1, 0.15) is 0 Å². The van der Waals surface area contributed by atoms with Gasteiger partial charge in [0.15, 0.2) is 13.2 Å². The summed E-state index contributed by atoms with van der Waals surface area (Å²) < 4.78 is 23.4. The van der Waals surface area contributed by atoms with Crippen molar-refractivity contribution in [1.82, 2.24) is 0 Å². The summed E-state index contributed by atoms with van der Waals surface area (Å²) in [6.45, 7) is -0.214. The maximum absolute atomic E-state index is 12.8. The highest BCUT2D eigenvalue weighted by Gasteiger charge is 2.22. The summed E-state index contributed by atoms with van der Waals surface area (Å²) in [5.74, 6) is 0.0748. The van der Waals surface area contributed by atoms with E-state index >= 15 is 0 Å². The molecule has 0 unspecified atom stereocenters. The summed E-state index contributed by atoms with van der Waals surface area (Å²) in [6.07, 6.45) is 0. The molecule has 0 aromatic heterocycles. The van der Waals surface area contributed by atoms with Crippen LogP contribution in [0.15, 0.2) is 42.5 Å². The van der Waals surface area contributed by atoms with Gasteiger partial charge in [0.1, 0.15) is 17.3 Å². The van der Waals surface area contributed by atoms with Crippen molar-refractivity contribution in [1.29, 1.82) is 0 Å². The summed E-state index contributed by atoms with van der Waals surface area (Å²) >= 11 is 0. The van der Waals surface area contributed by atoms with E-state index in [0.717, 1.165) is 0 Å². The maximum Gasteiger partial charge on any atom is 0.264 e. The van der Waals surface area contributed by atoms with Gasteiger partial charge in [0, 0.05) is 12.7 Å². The second kappa shape index (κ2) is 6.57. The first-order valence-electron chi connectivity index (χ1n) is 7.24. The third-order valence-corrected chi connectivity index (χ3v) is 3.51. The van der Waals surface area contributed by atoms with Crippen molar-refractivity contribution < 1.29 is 23.5 Å². The third-order valence-electron chi connectivity index (χ3n) is 3.51. The molecule has 2 amide bonds. The first-order valence-corrected chi connectivity index (χ1v) is 7.24. The van der Waals surface area contributed by atoms with Gasteiger partial charge in [0.25, 0.3) is 11.8 Å². The molecule has 0 saturated carbocycles. The molecule has 0 spiro atoms. The van der Waals surface area contributed by atoms with Crippen molar-refractivity contribution >= 4 is 23.2 Å². The number of amides is 2. The molecule has 0 radical (unpaired) electrons. The summed E-state index contributed by atoms with van der Waals surface area (Å²) in [5.41, 5.74) is 1.11. The molecule has 24 heavy (non-hydrogen) atoms.